The molecule has 0 saturated heterocycles. The second kappa shape index (κ2) is 11.4. The van der Waals surface area contributed by atoms with Crippen LogP contribution in [0.5, 0.6) is 0 Å². The molecule has 1 saturated carbocycles. The molecule has 1 heterocycles. The molecule has 28 heavy (non-hydrogen) atoms. The Morgan fingerprint density at radius 1 is 1.14 bits per heavy atom. The van der Waals surface area contributed by atoms with Crippen LogP contribution < -0.4 is 0 Å². The molecule has 0 amide bonds. The fourth-order valence-electron chi connectivity index (χ4n) is 3.33. The van der Waals surface area contributed by atoms with E-state index in [9.17, 15) is 9.90 Å². The van der Waals surface area contributed by atoms with Gasteiger partial charge in [0.2, 0.25) is 0 Å². The van der Waals surface area contributed by atoms with Gasteiger partial charge in [0.25, 0.3) is 0 Å². The number of hydrogen-bond donors (Lipinski definition) is 2. The van der Waals surface area contributed by atoms with Crippen LogP contribution in [0.2, 0.25) is 10.0 Å². The van der Waals surface area contributed by atoms with E-state index in [4.69, 9.17) is 39.9 Å². The van der Waals surface area contributed by atoms with Gasteiger partial charge in [0.15, 0.2) is 0 Å². The maximum atomic E-state index is 10.4. The average molecular weight is 464 g/mol. The van der Waals surface area contributed by atoms with Gasteiger partial charge in [-0.25, -0.2) is 4.79 Å². The summed E-state index contributed by atoms with van der Waals surface area (Å²) in [4.78, 5) is 12.0. The van der Waals surface area contributed by atoms with Gasteiger partial charge < -0.3 is 10.2 Å². The number of hydrogen-bond acceptors (Lipinski definition) is 3. The third kappa shape index (κ3) is 7.57. The third-order valence-corrected chi connectivity index (χ3v) is 6.62. The molecule has 1 fully saturated rings. The van der Waals surface area contributed by atoms with Gasteiger partial charge in [0.05, 0.1) is 6.10 Å². The first-order valence-corrected chi connectivity index (χ1v) is 11.4. The quantitative estimate of drug-likeness (QED) is 0.468. The summed E-state index contributed by atoms with van der Waals surface area (Å²) in [5, 5.41) is 19.8. The van der Waals surface area contributed by atoms with Gasteiger partial charge in [-0.15, -0.1) is 22.9 Å². The van der Waals surface area contributed by atoms with Crippen molar-refractivity contribution >= 4 is 52.1 Å². The number of thiophene rings is 1. The summed E-state index contributed by atoms with van der Waals surface area (Å²) in [6, 6.07) is 9.13. The number of aliphatic hydroxyl groups is 1. The standard InChI is InChI=1S/C13H15Cl3O.C8H10O2S/c14-10-3-8(4-11(15)6-10)1-2-9-5-12(16)7-13(9)17;1-2-3-6-4-5-7(11-6)8(9)10/h3-4,6,9,12-13,17H,1-2,5,7H2;4-5H,2-3H2,1H3,(H,9,10). The van der Waals surface area contributed by atoms with Gasteiger partial charge in [0.1, 0.15) is 4.88 Å². The van der Waals surface area contributed by atoms with Gasteiger partial charge in [-0.05, 0) is 73.9 Å². The number of aryl methyl sites for hydroxylation is 2. The molecule has 1 aliphatic rings. The summed E-state index contributed by atoms with van der Waals surface area (Å²) >= 11 is 19.3. The first kappa shape index (κ1) is 23.5. The molecule has 154 valence electrons. The molecular formula is C21H25Cl3O3S. The van der Waals surface area contributed by atoms with Gasteiger partial charge >= 0.3 is 5.97 Å². The van der Waals surface area contributed by atoms with E-state index in [0.717, 1.165) is 42.5 Å². The lowest BCUT2D eigenvalue weighted by Gasteiger charge is -2.13. The molecule has 1 aromatic heterocycles. The second-order valence-corrected chi connectivity index (χ2v) is 9.69. The molecule has 7 heteroatoms. The van der Waals surface area contributed by atoms with Crippen LogP contribution in [0.4, 0.5) is 0 Å². The Kier molecular flexibility index (Phi) is 9.58. The highest BCUT2D eigenvalue weighted by molar-refractivity contribution is 7.13. The van der Waals surface area contributed by atoms with Crippen LogP contribution in [0, 0.1) is 5.92 Å². The maximum absolute atomic E-state index is 10.4. The molecule has 1 aliphatic carbocycles. The molecule has 2 N–H and O–H groups in total. The van der Waals surface area contributed by atoms with Gasteiger partial charge in [-0.3, -0.25) is 0 Å². The average Bonchev–Trinajstić information content (AvgIpc) is 3.19. The van der Waals surface area contributed by atoms with E-state index in [-0.39, 0.29) is 11.5 Å². The SMILES string of the molecule is CCCc1ccc(C(=O)O)s1.OC1CC(Cl)CC1CCc1cc(Cl)cc(Cl)c1. The molecule has 3 nitrogen and oxygen atoms in total. The molecule has 1 aromatic carbocycles. The van der Waals surface area contributed by atoms with Crippen LogP contribution >= 0.6 is 46.1 Å². The number of aromatic carboxylic acids is 1. The highest BCUT2D eigenvalue weighted by Crippen LogP contribution is 2.33. The normalized spacial score (nSPS) is 21.2. The number of carbonyl (C=O) groups is 1. The van der Waals surface area contributed by atoms with Crippen molar-refractivity contribution in [3.63, 3.8) is 0 Å². The summed E-state index contributed by atoms with van der Waals surface area (Å²) in [7, 11) is 0. The lowest BCUT2D eigenvalue weighted by Crippen LogP contribution is -2.13. The van der Waals surface area contributed by atoms with Crippen LogP contribution in [-0.2, 0) is 12.8 Å². The predicted molar refractivity (Wildman–Crippen MR) is 118 cm³/mol. The first-order chi connectivity index (χ1) is 13.3. The minimum absolute atomic E-state index is 0.123. The van der Waals surface area contributed by atoms with E-state index in [2.05, 4.69) is 6.92 Å². The number of alkyl halides is 1. The monoisotopic (exact) mass is 462 g/mol. The highest BCUT2D eigenvalue weighted by atomic mass is 35.5. The maximum Gasteiger partial charge on any atom is 0.345 e. The Morgan fingerprint density at radius 3 is 2.32 bits per heavy atom. The van der Waals surface area contributed by atoms with Crippen LogP contribution in [0.25, 0.3) is 0 Å². The number of halogens is 3. The molecule has 3 unspecified atom stereocenters. The smallest absolute Gasteiger partial charge is 0.345 e. The summed E-state index contributed by atoms with van der Waals surface area (Å²) < 4.78 is 0. The van der Waals surface area contributed by atoms with Crippen molar-refractivity contribution in [1.82, 2.24) is 0 Å². The number of rotatable bonds is 6. The minimum atomic E-state index is -0.822. The van der Waals surface area contributed by atoms with Crippen molar-refractivity contribution in [1.29, 1.82) is 0 Å². The Labute approximate surface area is 185 Å². The number of carboxylic acids is 1. The number of aliphatic hydroxyl groups excluding tert-OH is 1. The van der Waals surface area contributed by atoms with E-state index >= 15 is 0 Å². The third-order valence-electron chi connectivity index (χ3n) is 4.69. The largest absolute Gasteiger partial charge is 0.477 e. The zero-order valence-corrected chi connectivity index (χ0v) is 18.8. The van der Waals surface area contributed by atoms with Crippen molar-refractivity contribution in [2.75, 3.05) is 0 Å². The van der Waals surface area contributed by atoms with E-state index in [1.54, 1.807) is 12.1 Å². The molecule has 0 spiro atoms. The van der Waals surface area contributed by atoms with Crippen LogP contribution in [0.3, 0.4) is 0 Å². The zero-order valence-electron chi connectivity index (χ0n) is 15.7. The molecule has 0 bridgehead atoms. The Bertz CT molecular complexity index is 758. The minimum Gasteiger partial charge on any atom is -0.477 e. The summed E-state index contributed by atoms with van der Waals surface area (Å²) in [5.74, 6) is -0.521. The van der Waals surface area contributed by atoms with Gasteiger partial charge in [-0.1, -0.05) is 36.5 Å². The summed E-state index contributed by atoms with van der Waals surface area (Å²) in [5.41, 5.74) is 1.12. The summed E-state index contributed by atoms with van der Waals surface area (Å²) in [6.07, 6.45) is 5.22. The van der Waals surface area contributed by atoms with Crippen molar-refractivity contribution in [3.8, 4) is 0 Å². The molecule has 0 radical (unpaired) electrons. The summed E-state index contributed by atoms with van der Waals surface area (Å²) in [6.45, 7) is 2.08. The molecule has 3 atom stereocenters. The number of benzene rings is 1. The molecule has 3 rings (SSSR count). The first-order valence-electron chi connectivity index (χ1n) is 9.37. The molecule has 0 aliphatic heterocycles. The Morgan fingerprint density at radius 2 is 1.82 bits per heavy atom. The zero-order chi connectivity index (χ0) is 20.7. The predicted octanol–water partition coefficient (Wildman–Crippen LogP) is 6.70. The number of carboxylic acid groups (broad SMARTS) is 1. The molecule has 2 aromatic rings. The van der Waals surface area contributed by atoms with E-state index in [1.165, 1.54) is 11.3 Å². The second-order valence-electron chi connectivity index (χ2n) is 7.03. The fraction of sp³-hybridized carbons (Fsp3) is 0.476. The van der Waals surface area contributed by atoms with Crippen LogP contribution in [0.15, 0.2) is 30.3 Å². The van der Waals surface area contributed by atoms with Gasteiger partial charge in [-0.2, -0.15) is 0 Å². The van der Waals surface area contributed by atoms with Gasteiger partial charge in [0, 0.05) is 20.3 Å². The topological polar surface area (TPSA) is 57.5 Å². The van der Waals surface area contributed by atoms with Crippen molar-refractivity contribution in [3.05, 3.63) is 55.7 Å². The van der Waals surface area contributed by atoms with Crippen LogP contribution in [-0.4, -0.2) is 27.7 Å². The van der Waals surface area contributed by atoms with Crippen LogP contribution in [0.1, 0.15) is 52.7 Å². The van der Waals surface area contributed by atoms with E-state index < -0.39 is 5.97 Å². The Balaban J connectivity index is 0.000000221. The lowest BCUT2D eigenvalue weighted by molar-refractivity contribution is 0.0702. The van der Waals surface area contributed by atoms with E-state index in [1.807, 2.05) is 18.2 Å². The van der Waals surface area contributed by atoms with E-state index in [0.29, 0.717) is 27.3 Å². The lowest BCUT2D eigenvalue weighted by atomic mass is 9.96. The fourth-order valence-corrected chi connectivity index (χ4v) is 5.26. The van der Waals surface area contributed by atoms with Crippen molar-refractivity contribution < 1.29 is 15.0 Å². The molecular weight excluding hydrogens is 439 g/mol. The van der Waals surface area contributed by atoms with Crippen molar-refractivity contribution in [2.45, 2.75) is 56.9 Å². The Hall–Kier alpha value is -0.780. The highest BCUT2D eigenvalue weighted by Gasteiger charge is 2.31. The van der Waals surface area contributed by atoms with Crippen molar-refractivity contribution in [2.24, 2.45) is 5.92 Å².